The van der Waals surface area contributed by atoms with Crippen LogP contribution in [0, 0.1) is 5.41 Å². The fourth-order valence-electron chi connectivity index (χ4n) is 5.15. The van der Waals surface area contributed by atoms with Gasteiger partial charge in [0.25, 0.3) is 5.91 Å². The van der Waals surface area contributed by atoms with Gasteiger partial charge in [-0.15, -0.1) is 0 Å². The molecule has 3 aromatic carbocycles. The minimum atomic E-state index is -0.820. The number of benzene rings is 3. The first-order valence-electron chi connectivity index (χ1n) is 13.3. The van der Waals surface area contributed by atoms with Crippen LogP contribution in [0.4, 0.5) is 11.4 Å². The Kier molecular flexibility index (Phi) is 8.45. The number of aliphatic carboxylic acids is 1. The third-order valence-corrected chi connectivity index (χ3v) is 7.90. The number of amides is 2. The number of carboxylic acid groups (broad SMARTS) is 1. The highest BCUT2D eigenvalue weighted by molar-refractivity contribution is 6.30. The van der Waals surface area contributed by atoms with Gasteiger partial charge in [-0.05, 0) is 101 Å². The molecular weight excluding hydrogens is 512 g/mol. The summed E-state index contributed by atoms with van der Waals surface area (Å²) in [6.07, 6.45) is 1.63. The third-order valence-electron chi connectivity index (χ3n) is 7.65. The Morgan fingerprint density at radius 1 is 1.00 bits per heavy atom. The summed E-state index contributed by atoms with van der Waals surface area (Å²) >= 11 is 6.06. The van der Waals surface area contributed by atoms with Crippen molar-refractivity contribution >= 4 is 40.8 Å². The van der Waals surface area contributed by atoms with Crippen LogP contribution in [0.5, 0.6) is 0 Å². The number of fused-ring (bicyclic) bond motifs is 1. The number of hydrogen-bond acceptors (Lipinski definition) is 3. The molecule has 204 valence electrons. The molecule has 2 atom stereocenters. The molecule has 0 aliphatic carbocycles. The Morgan fingerprint density at radius 3 is 2.26 bits per heavy atom. The third kappa shape index (κ3) is 6.01. The topological polar surface area (TPSA) is 77.9 Å². The second-order valence-electron chi connectivity index (χ2n) is 10.8. The lowest BCUT2D eigenvalue weighted by Crippen LogP contribution is -2.46. The Labute approximate surface area is 235 Å². The molecule has 7 heteroatoms. The molecule has 1 heterocycles. The van der Waals surface area contributed by atoms with E-state index in [4.69, 9.17) is 11.6 Å². The summed E-state index contributed by atoms with van der Waals surface area (Å²) in [5.74, 6) is -1.32. The standard InChI is InChI=1S/C32H35ClN2O4/c1-5-34(25-16-14-24(33)15-17-25)30(37)27-20-21(2)35(28-9-7-6-8-26(27)28)29(36)23-12-10-22(11-13-23)18-19-32(3,4)31(38)39/h6-17,21,27H,5,18-20H2,1-4H3,(H,38,39)/t21-,27-/m1/s1. The zero-order chi connectivity index (χ0) is 28.3. The summed E-state index contributed by atoms with van der Waals surface area (Å²) in [6, 6.07) is 22.1. The molecule has 4 rings (SSSR count). The van der Waals surface area contributed by atoms with E-state index in [-0.39, 0.29) is 23.8 Å². The van der Waals surface area contributed by atoms with E-state index in [9.17, 15) is 19.5 Å². The lowest BCUT2D eigenvalue weighted by Gasteiger charge is -2.40. The quantitative estimate of drug-likeness (QED) is 0.331. The van der Waals surface area contributed by atoms with Crippen LogP contribution < -0.4 is 9.80 Å². The number of carboxylic acids is 1. The van der Waals surface area contributed by atoms with Gasteiger partial charge < -0.3 is 14.9 Å². The highest BCUT2D eigenvalue weighted by atomic mass is 35.5. The summed E-state index contributed by atoms with van der Waals surface area (Å²) < 4.78 is 0. The molecule has 2 amide bonds. The summed E-state index contributed by atoms with van der Waals surface area (Å²) in [7, 11) is 0. The second kappa shape index (κ2) is 11.6. The van der Waals surface area contributed by atoms with Crippen molar-refractivity contribution in [1.82, 2.24) is 0 Å². The van der Waals surface area contributed by atoms with E-state index in [1.54, 1.807) is 47.9 Å². The fourth-order valence-corrected chi connectivity index (χ4v) is 5.27. The number of likely N-dealkylation sites (N-methyl/N-ethyl adjacent to an activating group) is 1. The summed E-state index contributed by atoms with van der Waals surface area (Å²) in [5.41, 5.74) is 3.12. The average Bonchev–Trinajstić information content (AvgIpc) is 2.92. The van der Waals surface area contributed by atoms with E-state index in [1.165, 1.54) is 0 Å². The van der Waals surface area contributed by atoms with Gasteiger partial charge in [0.15, 0.2) is 0 Å². The molecule has 0 unspecified atom stereocenters. The van der Waals surface area contributed by atoms with Crippen LogP contribution >= 0.6 is 11.6 Å². The SMILES string of the molecule is CCN(C(=O)[C@@H]1C[C@@H](C)N(C(=O)c2ccc(CCC(C)(C)C(=O)O)cc2)c2ccccc21)c1ccc(Cl)cc1. The Morgan fingerprint density at radius 2 is 1.64 bits per heavy atom. The van der Waals surface area contributed by atoms with E-state index in [0.29, 0.717) is 36.4 Å². The molecule has 0 radical (unpaired) electrons. The fraction of sp³-hybridized carbons (Fsp3) is 0.344. The van der Waals surface area contributed by atoms with Crippen LogP contribution in [-0.2, 0) is 16.0 Å². The van der Waals surface area contributed by atoms with Gasteiger partial charge >= 0.3 is 5.97 Å². The summed E-state index contributed by atoms with van der Waals surface area (Å²) in [6.45, 7) is 7.89. The smallest absolute Gasteiger partial charge is 0.309 e. The summed E-state index contributed by atoms with van der Waals surface area (Å²) in [5, 5.41) is 9.99. The van der Waals surface area contributed by atoms with Gasteiger partial charge in [0.05, 0.1) is 11.3 Å². The average molecular weight is 547 g/mol. The van der Waals surface area contributed by atoms with Gasteiger partial charge in [-0.2, -0.15) is 0 Å². The van der Waals surface area contributed by atoms with Crippen molar-refractivity contribution in [2.45, 2.75) is 58.9 Å². The zero-order valence-electron chi connectivity index (χ0n) is 22.9. The van der Waals surface area contributed by atoms with Gasteiger partial charge in [-0.25, -0.2) is 0 Å². The lowest BCUT2D eigenvalue weighted by molar-refractivity contribution is -0.147. The highest BCUT2D eigenvalue weighted by Crippen LogP contribution is 2.41. The van der Waals surface area contributed by atoms with Gasteiger partial charge in [-0.1, -0.05) is 41.9 Å². The molecule has 1 N–H and O–H groups in total. The van der Waals surface area contributed by atoms with Crippen molar-refractivity contribution in [2.24, 2.45) is 5.41 Å². The predicted molar refractivity (Wildman–Crippen MR) is 156 cm³/mol. The van der Waals surface area contributed by atoms with Crippen LogP contribution in [0.2, 0.25) is 5.02 Å². The van der Waals surface area contributed by atoms with Crippen molar-refractivity contribution in [3.05, 3.63) is 94.5 Å². The molecule has 1 aliphatic rings. The number of aryl methyl sites for hydroxylation is 1. The maximum Gasteiger partial charge on any atom is 0.309 e. The molecule has 0 saturated heterocycles. The van der Waals surface area contributed by atoms with E-state index in [2.05, 4.69) is 0 Å². The van der Waals surface area contributed by atoms with E-state index in [1.807, 2.05) is 62.4 Å². The number of anilines is 2. The Balaban J connectivity index is 1.57. The highest BCUT2D eigenvalue weighted by Gasteiger charge is 2.39. The molecule has 6 nitrogen and oxygen atoms in total. The van der Waals surface area contributed by atoms with Crippen LogP contribution in [0.3, 0.4) is 0 Å². The van der Waals surface area contributed by atoms with Crippen molar-refractivity contribution in [3.8, 4) is 0 Å². The van der Waals surface area contributed by atoms with Crippen LogP contribution in [0.25, 0.3) is 0 Å². The van der Waals surface area contributed by atoms with Crippen LogP contribution in [0.1, 0.15) is 67.9 Å². The number of hydrogen-bond donors (Lipinski definition) is 1. The molecule has 3 aromatic rings. The molecule has 39 heavy (non-hydrogen) atoms. The summed E-state index contributed by atoms with van der Waals surface area (Å²) in [4.78, 5) is 42.6. The van der Waals surface area contributed by atoms with Crippen molar-refractivity contribution in [1.29, 1.82) is 0 Å². The van der Waals surface area contributed by atoms with Gasteiger partial charge in [0.2, 0.25) is 5.91 Å². The largest absolute Gasteiger partial charge is 0.481 e. The van der Waals surface area contributed by atoms with Crippen molar-refractivity contribution in [2.75, 3.05) is 16.3 Å². The first kappa shape index (κ1) is 28.4. The number of carbonyl (C=O) groups is 3. The number of rotatable bonds is 8. The Bertz CT molecular complexity index is 1350. The normalized spacial score (nSPS) is 16.9. The van der Waals surface area contributed by atoms with Gasteiger partial charge in [0.1, 0.15) is 0 Å². The van der Waals surface area contributed by atoms with Crippen molar-refractivity contribution in [3.63, 3.8) is 0 Å². The predicted octanol–water partition coefficient (Wildman–Crippen LogP) is 6.96. The number of nitrogens with zero attached hydrogens (tertiary/aromatic N) is 2. The zero-order valence-corrected chi connectivity index (χ0v) is 23.6. The van der Waals surface area contributed by atoms with E-state index < -0.39 is 11.4 Å². The number of para-hydroxylation sites is 1. The lowest BCUT2D eigenvalue weighted by atomic mass is 9.84. The van der Waals surface area contributed by atoms with E-state index >= 15 is 0 Å². The van der Waals surface area contributed by atoms with Crippen molar-refractivity contribution < 1.29 is 19.5 Å². The van der Waals surface area contributed by atoms with Gasteiger partial charge in [-0.3, -0.25) is 14.4 Å². The first-order valence-corrected chi connectivity index (χ1v) is 13.7. The molecular formula is C32H35ClN2O4. The maximum atomic E-state index is 13.8. The monoisotopic (exact) mass is 546 g/mol. The molecule has 0 spiro atoms. The molecule has 1 aliphatic heterocycles. The number of halogens is 1. The van der Waals surface area contributed by atoms with Gasteiger partial charge in [0, 0.05) is 34.5 Å². The molecule has 0 fully saturated rings. The first-order chi connectivity index (χ1) is 18.5. The maximum absolute atomic E-state index is 13.8. The second-order valence-corrected chi connectivity index (χ2v) is 11.3. The molecule has 0 bridgehead atoms. The number of carbonyl (C=O) groups excluding carboxylic acids is 2. The Hall–Kier alpha value is -3.64. The van der Waals surface area contributed by atoms with Crippen LogP contribution in [-0.4, -0.2) is 35.5 Å². The minimum absolute atomic E-state index is 0.000130. The van der Waals surface area contributed by atoms with Crippen LogP contribution in [0.15, 0.2) is 72.8 Å². The minimum Gasteiger partial charge on any atom is -0.481 e. The van der Waals surface area contributed by atoms with E-state index in [0.717, 1.165) is 22.5 Å². The molecule has 0 aromatic heterocycles. The molecule has 0 saturated carbocycles.